The Hall–Kier alpha value is -2.14. The Morgan fingerprint density at radius 3 is 2.72 bits per heavy atom. The molecule has 0 bridgehead atoms. The summed E-state index contributed by atoms with van der Waals surface area (Å²) in [6.45, 7) is 0.591. The summed E-state index contributed by atoms with van der Waals surface area (Å²) in [5.41, 5.74) is 1.32. The minimum atomic E-state index is -0.227. The van der Waals surface area contributed by atoms with Crippen LogP contribution < -0.4 is 5.32 Å². The minimum Gasteiger partial charge on any atom is -0.440 e. The number of rotatable bonds is 5. The quantitative estimate of drug-likeness (QED) is 0.873. The van der Waals surface area contributed by atoms with E-state index < -0.39 is 0 Å². The van der Waals surface area contributed by atoms with Gasteiger partial charge < -0.3 is 14.8 Å². The number of oxazole rings is 1. The van der Waals surface area contributed by atoms with Gasteiger partial charge in [-0.2, -0.15) is 0 Å². The molecule has 2 fully saturated rings. The Labute approximate surface area is 147 Å². The summed E-state index contributed by atoms with van der Waals surface area (Å²) in [6, 6.07) is 9.69. The van der Waals surface area contributed by atoms with Crippen molar-refractivity contribution in [2.24, 2.45) is 5.92 Å². The lowest BCUT2D eigenvalue weighted by Gasteiger charge is -2.25. The third-order valence-corrected chi connectivity index (χ3v) is 5.14. The zero-order chi connectivity index (χ0) is 17.2. The summed E-state index contributed by atoms with van der Waals surface area (Å²) >= 11 is 0. The number of hydrogen-bond acceptors (Lipinski definition) is 4. The van der Waals surface area contributed by atoms with Gasteiger partial charge in [-0.15, -0.1) is 0 Å². The predicted molar refractivity (Wildman–Crippen MR) is 94.2 cm³/mol. The Morgan fingerprint density at radius 1 is 1.20 bits per heavy atom. The molecular formula is C20H24N2O3. The number of aromatic nitrogens is 1. The van der Waals surface area contributed by atoms with Crippen LogP contribution in [0.15, 0.2) is 34.7 Å². The lowest BCUT2D eigenvalue weighted by molar-refractivity contribution is 0.0869. The molecule has 0 aliphatic heterocycles. The van der Waals surface area contributed by atoms with Crippen LogP contribution in [0.5, 0.6) is 0 Å². The Bertz CT molecular complexity index is 737. The van der Waals surface area contributed by atoms with E-state index in [4.69, 9.17) is 4.42 Å². The second-order valence-electron chi connectivity index (χ2n) is 7.27. The molecule has 2 atom stereocenters. The van der Waals surface area contributed by atoms with E-state index in [0.29, 0.717) is 30.0 Å². The molecule has 2 saturated carbocycles. The molecule has 132 valence electrons. The fourth-order valence-corrected chi connectivity index (χ4v) is 3.59. The fraction of sp³-hybridized carbons (Fsp3) is 0.500. The molecule has 5 nitrogen and oxygen atoms in total. The number of carbonyl (C=O) groups excluding carboxylic acids is 1. The standard InChI is InChI=1S/C20H24N2O3/c23-16-8-4-5-13(11-16)12-21-19(24)17-18(14-9-10-14)25-20(22-17)15-6-2-1-3-7-15/h1-3,6-7,13-14,16,23H,4-5,8-12H2,(H,21,24). The number of amides is 1. The molecule has 0 saturated heterocycles. The number of aliphatic hydroxyl groups is 1. The molecule has 0 spiro atoms. The van der Waals surface area contributed by atoms with Crippen LogP contribution in [-0.2, 0) is 0 Å². The van der Waals surface area contributed by atoms with E-state index in [1.165, 1.54) is 0 Å². The summed E-state index contributed by atoms with van der Waals surface area (Å²) in [5, 5.41) is 12.8. The van der Waals surface area contributed by atoms with Crippen molar-refractivity contribution in [1.82, 2.24) is 10.3 Å². The van der Waals surface area contributed by atoms with Crippen LogP contribution in [0.2, 0.25) is 0 Å². The average Bonchev–Trinajstić information content (AvgIpc) is 3.39. The van der Waals surface area contributed by atoms with Gasteiger partial charge in [0, 0.05) is 18.0 Å². The molecular weight excluding hydrogens is 316 g/mol. The Kier molecular flexibility index (Phi) is 4.57. The highest BCUT2D eigenvalue weighted by Gasteiger charge is 2.34. The molecule has 0 radical (unpaired) electrons. The molecule has 2 unspecified atom stereocenters. The highest BCUT2D eigenvalue weighted by molar-refractivity contribution is 5.94. The number of hydrogen-bond donors (Lipinski definition) is 2. The fourth-order valence-electron chi connectivity index (χ4n) is 3.59. The molecule has 1 amide bonds. The van der Waals surface area contributed by atoms with Gasteiger partial charge in [0.05, 0.1) is 6.10 Å². The first-order chi connectivity index (χ1) is 12.2. The molecule has 2 aliphatic rings. The van der Waals surface area contributed by atoms with Crippen LogP contribution in [0.1, 0.15) is 60.7 Å². The van der Waals surface area contributed by atoms with Crippen LogP contribution in [0.4, 0.5) is 0 Å². The number of carbonyl (C=O) groups is 1. The second-order valence-corrected chi connectivity index (χ2v) is 7.27. The van der Waals surface area contributed by atoms with Gasteiger partial charge in [0.1, 0.15) is 5.76 Å². The van der Waals surface area contributed by atoms with Gasteiger partial charge in [0.2, 0.25) is 5.89 Å². The molecule has 4 rings (SSSR count). The summed E-state index contributed by atoms with van der Waals surface area (Å²) in [6.07, 6.45) is 5.60. The van der Waals surface area contributed by atoms with Crippen molar-refractivity contribution in [2.75, 3.05) is 6.54 Å². The molecule has 1 aromatic carbocycles. The maximum absolute atomic E-state index is 12.7. The number of aliphatic hydroxyl groups excluding tert-OH is 1. The molecule has 5 heteroatoms. The van der Waals surface area contributed by atoms with E-state index in [9.17, 15) is 9.90 Å². The second kappa shape index (κ2) is 7.00. The van der Waals surface area contributed by atoms with Crippen LogP contribution in [0, 0.1) is 5.92 Å². The smallest absolute Gasteiger partial charge is 0.273 e. The van der Waals surface area contributed by atoms with E-state index in [0.717, 1.165) is 49.8 Å². The molecule has 2 aliphatic carbocycles. The first-order valence-corrected chi connectivity index (χ1v) is 9.23. The highest BCUT2D eigenvalue weighted by atomic mass is 16.4. The van der Waals surface area contributed by atoms with Crippen molar-refractivity contribution in [3.8, 4) is 11.5 Å². The van der Waals surface area contributed by atoms with Gasteiger partial charge in [-0.05, 0) is 50.2 Å². The van der Waals surface area contributed by atoms with E-state index >= 15 is 0 Å². The van der Waals surface area contributed by atoms with E-state index in [1.54, 1.807) is 0 Å². The highest BCUT2D eigenvalue weighted by Crippen LogP contribution is 2.43. The largest absolute Gasteiger partial charge is 0.440 e. The van der Waals surface area contributed by atoms with Crippen LogP contribution >= 0.6 is 0 Å². The van der Waals surface area contributed by atoms with E-state index in [2.05, 4.69) is 10.3 Å². The van der Waals surface area contributed by atoms with Crippen LogP contribution in [0.25, 0.3) is 11.5 Å². The molecule has 25 heavy (non-hydrogen) atoms. The van der Waals surface area contributed by atoms with Crippen molar-refractivity contribution in [1.29, 1.82) is 0 Å². The number of benzene rings is 1. The lowest BCUT2D eigenvalue weighted by atomic mass is 9.87. The third kappa shape index (κ3) is 3.76. The molecule has 2 N–H and O–H groups in total. The van der Waals surface area contributed by atoms with Crippen molar-refractivity contribution >= 4 is 5.91 Å². The molecule has 1 aromatic heterocycles. The monoisotopic (exact) mass is 340 g/mol. The average molecular weight is 340 g/mol. The number of nitrogens with zero attached hydrogens (tertiary/aromatic N) is 1. The first-order valence-electron chi connectivity index (χ1n) is 9.23. The van der Waals surface area contributed by atoms with Crippen LogP contribution in [-0.4, -0.2) is 28.6 Å². The predicted octanol–water partition coefficient (Wildman–Crippen LogP) is 3.50. The molecule has 2 aromatic rings. The van der Waals surface area contributed by atoms with Gasteiger partial charge in [-0.1, -0.05) is 24.6 Å². The van der Waals surface area contributed by atoms with E-state index in [-0.39, 0.29) is 12.0 Å². The van der Waals surface area contributed by atoms with Crippen molar-refractivity contribution in [3.05, 3.63) is 41.8 Å². The maximum atomic E-state index is 12.7. The lowest BCUT2D eigenvalue weighted by Crippen LogP contribution is -2.33. The molecule has 1 heterocycles. The van der Waals surface area contributed by atoms with E-state index in [1.807, 2.05) is 30.3 Å². The zero-order valence-corrected chi connectivity index (χ0v) is 14.3. The third-order valence-electron chi connectivity index (χ3n) is 5.14. The van der Waals surface area contributed by atoms with Crippen LogP contribution in [0.3, 0.4) is 0 Å². The SMILES string of the molecule is O=C(NCC1CCCC(O)C1)c1nc(-c2ccccc2)oc1C1CC1. The first kappa shape index (κ1) is 16.3. The van der Waals surface area contributed by atoms with Gasteiger partial charge in [-0.3, -0.25) is 4.79 Å². The van der Waals surface area contributed by atoms with Gasteiger partial charge in [0.25, 0.3) is 5.91 Å². The summed E-state index contributed by atoms with van der Waals surface area (Å²) in [7, 11) is 0. The number of nitrogens with one attached hydrogen (secondary N) is 1. The topological polar surface area (TPSA) is 75.4 Å². The summed E-state index contributed by atoms with van der Waals surface area (Å²) in [5.74, 6) is 1.74. The maximum Gasteiger partial charge on any atom is 0.273 e. The van der Waals surface area contributed by atoms with Crippen molar-refractivity contribution in [3.63, 3.8) is 0 Å². The van der Waals surface area contributed by atoms with Crippen molar-refractivity contribution in [2.45, 2.75) is 50.5 Å². The Morgan fingerprint density at radius 2 is 2.00 bits per heavy atom. The van der Waals surface area contributed by atoms with Crippen molar-refractivity contribution < 1.29 is 14.3 Å². The van der Waals surface area contributed by atoms with Gasteiger partial charge >= 0.3 is 0 Å². The van der Waals surface area contributed by atoms with Gasteiger partial charge in [-0.25, -0.2) is 4.98 Å². The summed E-state index contributed by atoms with van der Waals surface area (Å²) < 4.78 is 5.94. The summed E-state index contributed by atoms with van der Waals surface area (Å²) in [4.78, 5) is 17.2. The van der Waals surface area contributed by atoms with Gasteiger partial charge in [0.15, 0.2) is 5.69 Å². The minimum absolute atomic E-state index is 0.159. The Balaban J connectivity index is 1.48. The normalized spacial score (nSPS) is 23.4. The zero-order valence-electron chi connectivity index (χ0n) is 14.3.